The molecule has 4 rings (SSSR count). The van der Waals surface area contributed by atoms with Crippen LogP contribution >= 0.6 is 23.6 Å². The van der Waals surface area contributed by atoms with E-state index in [9.17, 15) is 4.79 Å². The number of nitrogens with one attached hydrogen (secondary N) is 3. The minimum absolute atomic E-state index is 0.262. The Bertz CT molecular complexity index is 1140. The highest BCUT2D eigenvalue weighted by atomic mass is 32.1. The molecule has 29 heavy (non-hydrogen) atoms. The van der Waals surface area contributed by atoms with E-state index in [4.69, 9.17) is 12.2 Å². The number of nitrogens with zero attached hydrogens (tertiary/aromatic N) is 6. The number of aromatic nitrogens is 7. The molecule has 4 aromatic rings. The highest BCUT2D eigenvalue weighted by Gasteiger charge is 2.18. The molecule has 0 aromatic carbocycles. The second-order valence-electron chi connectivity index (χ2n) is 6.14. The maximum atomic E-state index is 13.0. The number of H-pyrrole nitrogens is 2. The fourth-order valence-electron chi connectivity index (χ4n) is 2.77. The number of aromatic amines is 2. The number of hydrogen-bond acceptors (Lipinski definition) is 8. The monoisotopic (exact) mass is 427 g/mol. The van der Waals surface area contributed by atoms with Crippen LogP contribution in [0.5, 0.6) is 0 Å². The van der Waals surface area contributed by atoms with Crippen molar-refractivity contribution in [2.24, 2.45) is 0 Å². The number of hydrogen-bond donors (Lipinski definition) is 3. The summed E-state index contributed by atoms with van der Waals surface area (Å²) in [5, 5.41) is 16.8. The molecule has 0 radical (unpaired) electrons. The van der Waals surface area contributed by atoms with E-state index >= 15 is 0 Å². The number of aryl methyl sites for hydroxylation is 1. The third-order valence-corrected chi connectivity index (χ3v) is 5.29. The predicted octanol–water partition coefficient (Wildman–Crippen LogP) is 3.32. The Hall–Kier alpha value is -3.25. The van der Waals surface area contributed by atoms with Crippen molar-refractivity contribution < 1.29 is 4.79 Å². The van der Waals surface area contributed by atoms with Gasteiger partial charge in [0, 0.05) is 31.0 Å². The fourth-order valence-corrected chi connectivity index (χ4v) is 3.82. The second-order valence-corrected chi connectivity index (χ2v) is 7.81. The maximum absolute atomic E-state index is 13.0. The zero-order chi connectivity index (χ0) is 20.1. The van der Waals surface area contributed by atoms with Gasteiger partial charge in [0.2, 0.25) is 0 Å². The van der Waals surface area contributed by atoms with Gasteiger partial charge in [-0.25, -0.2) is 9.78 Å². The van der Waals surface area contributed by atoms with Crippen molar-refractivity contribution in [2.75, 3.05) is 16.8 Å². The summed E-state index contributed by atoms with van der Waals surface area (Å²) < 4.78 is 0.651. The summed E-state index contributed by atoms with van der Waals surface area (Å²) in [6, 6.07) is 6.91. The Kier molecular flexibility index (Phi) is 5.81. The van der Waals surface area contributed by atoms with Crippen LogP contribution in [0.1, 0.15) is 18.7 Å². The molecule has 0 fully saturated rings. The molecule has 0 saturated carbocycles. The van der Waals surface area contributed by atoms with Crippen LogP contribution in [0.3, 0.4) is 0 Å². The van der Waals surface area contributed by atoms with Gasteiger partial charge in [0.05, 0.1) is 5.52 Å². The van der Waals surface area contributed by atoms with Crippen molar-refractivity contribution in [1.82, 2.24) is 35.6 Å². The molecule has 0 atom stereocenters. The van der Waals surface area contributed by atoms with Crippen molar-refractivity contribution in [3.05, 3.63) is 46.4 Å². The molecular formula is C17H17N9OS2. The van der Waals surface area contributed by atoms with Crippen LogP contribution in [0, 0.1) is 3.95 Å². The van der Waals surface area contributed by atoms with Gasteiger partial charge in [-0.2, -0.15) is 5.21 Å². The highest BCUT2D eigenvalue weighted by molar-refractivity contribution is 7.73. The van der Waals surface area contributed by atoms with Gasteiger partial charge in [-0.3, -0.25) is 9.88 Å². The molecule has 0 aliphatic carbocycles. The molecule has 148 valence electrons. The van der Waals surface area contributed by atoms with Crippen LogP contribution in [-0.4, -0.2) is 48.2 Å². The topological polar surface area (TPSA) is 128 Å². The predicted molar refractivity (Wildman–Crippen MR) is 113 cm³/mol. The zero-order valence-corrected chi connectivity index (χ0v) is 16.8. The zero-order valence-electron chi connectivity index (χ0n) is 15.2. The second kappa shape index (κ2) is 8.84. The van der Waals surface area contributed by atoms with Crippen molar-refractivity contribution in [2.45, 2.75) is 19.3 Å². The Morgan fingerprint density at radius 1 is 1.21 bits per heavy atom. The van der Waals surface area contributed by atoms with Gasteiger partial charge in [0.1, 0.15) is 10.6 Å². The number of urea groups is 1. The normalized spacial score (nSPS) is 10.9. The van der Waals surface area contributed by atoms with E-state index in [-0.39, 0.29) is 6.03 Å². The van der Waals surface area contributed by atoms with Crippen LogP contribution in [0.15, 0.2) is 36.7 Å². The van der Waals surface area contributed by atoms with Crippen molar-refractivity contribution in [3.63, 3.8) is 0 Å². The summed E-state index contributed by atoms with van der Waals surface area (Å²) >= 11 is 6.57. The Morgan fingerprint density at radius 3 is 2.86 bits per heavy atom. The van der Waals surface area contributed by atoms with Crippen LogP contribution < -0.4 is 10.2 Å². The number of amides is 2. The van der Waals surface area contributed by atoms with Gasteiger partial charge >= 0.3 is 6.03 Å². The number of carbonyl (C=O) groups is 1. The minimum atomic E-state index is -0.262. The lowest BCUT2D eigenvalue weighted by molar-refractivity contribution is 0.256. The smallest absolute Gasteiger partial charge is 0.327 e. The molecule has 0 aliphatic rings. The van der Waals surface area contributed by atoms with Crippen LogP contribution in [0.4, 0.5) is 16.3 Å². The van der Waals surface area contributed by atoms with Gasteiger partial charge < -0.3 is 10.3 Å². The van der Waals surface area contributed by atoms with Gasteiger partial charge in [0.25, 0.3) is 0 Å². The van der Waals surface area contributed by atoms with E-state index in [0.29, 0.717) is 34.2 Å². The summed E-state index contributed by atoms with van der Waals surface area (Å²) in [6.07, 6.45) is 5.50. The molecule has 0 spiro atoms. The molecule has 4 heterocycles. The molecule has 0 bridgehead atoms. The SMILES string of the molecule is O=C(Nc1ccncc1)N(CCCCc1nn[nH]n1)c1ccc2[nH]c(=S)sc2n1. The largest absolute Gasteiger partial charge is 0.336 e. The van der Waals surface area contributed by atoms with Crippen LogP contribution in [0.25, 0.3) is 10.3 Å². The number of carbonyl (C=O) groups excluding carboxylic acids is 1. The lowest BCUT2D eigenvalue weighted by Crippen LogP contribution is -2.36. The number of pyridine rings is 2. The molecule has 2 amide bonds. The van der Waals surface area contributed by atoms with Gasteiger partial charge in [-0.1, -0.05) is 16.6 Å². The molecule has 12 heteroatoms. The van der Waals surface area contributed by atoms with Crippen LogP contribution in [-0.2, 0) is 6.42 Å². The summed E-state index contributed by atoms with van der Waals surface area (Å²) in [5.74, 6) is 1.22. The van der Waals surface area contributed by atoms with E-state index in [2.05, 4.69) is 40.9 Å². The molecule has 10 nitrogen and oxygen atoms in total. The first-order valence-corrected chi connectivity index (χ1v) is 10.1. The molecule has 3 N–H and O–H groups in total. The molecule has 0 saturated heterocycles. The quantitative estimate of drug-likeness (QED) is 0.305. The van der Waals surface area contributed by atoms with Crippen LogP contribution in [0.2, 0.25) is 0 Å². The number of fused-ring (bicyclic) bond motifs is 1. The van der Waals surface area contributed by atoms with E-state index in [1.165, 1.54) is 11.3 Å². The first kappa shape index (κ1) is 19.1. The number of thiazole rings is 1. The fraction of sp³-hybridized carbons (Fsp3) is 0.235. The molecule has 4 aromatic heterocycles. The first-order chi connectivity index (χ1) is 14.2. The average Bonchev–Trinajstić information content (AvgIpc) is 3.36. The lowest BCUT2D eigenvalue weighted by Gasteiger charge is -2.22. The van der Waals surface area contributed by atoms with Crippen molar-refractivity contribution in [1.29, 1.82) is 0 Å². The summed E-state index contributed by atoms with van der Waals surface area (Å²) in [6.45, 7) is 0.489. The third-order valence-electron chi connectivity index (χ3n) is 4.15. The van der Waals surface area contributed by atoms with Crippen molar-refractivity contribution in [3.8, 4) is 0 Å². The standard InChI is InChI=1S/C17H17N9OS2/c27-16(19-11-6-8-18-9-7-11)26(10-2-1-3-13-22-24-25-23-13)14-5-4-12-15(21-14)29-17(28)20-12/h4-9H,1-3,10H2,(H,20,28)(H,18,19,27)(H,22,23,24,25). The van der Waals surface area contributed by atoms with E-state index in [1.54, 1.807) is 29.4 Å². The summed E-state index contributed by atoms with van der Waals surface area (Å²) in [7, 11) is 0. The Morgan fingerprint density at radius 2 is 2.07 bits per heavy atom. The maximum Gasteiger partial charge on any atom is 0.327 e. The first-order valence-electron chi connectivity index (χ1n) is 8.90. The number of tetrazole rings is 1. The summed E-state index contributed by atoms with van der Waals surface area (Å²) in [5.41, 5.74) is 1.52. The number of anilines is 2. The number of rotatable bonds is 7. The molecular weight excluding hydrogens is 410 g/mol. The lowest BCUT2D eigenvalue weighted by atomic mass is 10.2. The van der Waals surface area contributed by atoms with E-state index < -0.39 is 0 Å². The Labute approximate surface area is 174 Å². The minimum Gasteiger partial charge on any atom is -0.336 e. The molecule has 0 unspecified atom stereocenters. The van der Waals surface area contributed by atoms with Crippen molar-refractivity contribution >= 4 is 51.4 Å². The summed E-state index contributed by atoms with van der Waals surface area (Å²) in [4.78, 5) is 27.0. The third kappa shape index (κ3) is 4.78. The van der Waals surface area contributed by atoms with Gasteiger partial charge in [-0.15, -0.1) is 10.2 Å². The van der Waals surface area contributed by atoms with E-state index in [0.717, 1.165) is 23.2 Å². The Balaban J connectivity index is 1.51. The van der Waals surface area contributed by atoms with Gasteiger partial charge in [0.15, 0.2) is 9.78 Å². The van der Waals surface area contributed by atoms with E-state index in [1.807, 2.05) is 12.1 Å². The number of unbranched alkanes of at least 4 members (excludes halogenated alkanes) is 1. The van der Waals surface area contributed by atoms with Gasteiger partial charge in [-0.05, 0) is 49.3 Å². The highest BCUT2D eigenvalue weighted by Crippen LogP contribution is 2.22. The average molecular weight is 428 g/mol. The molecule has 0 aliphatic heterocycles.